The van der Waals surface area contributed by atoms with E-state index in [0.717, 1.165) is 136 Å². The van der Waals surface area contributed by atoms with E-state index < -0.39 is 0 Å². The van der Waals surface area contributed by atoms with Gasteiger partial charge in [-0.15, -0.1) is 0 Å². The summed E-state index contributed by atoms with van der Waals surface area (Å²) in [6.07, 6.45) is 18.7. The van der Waals surface area contributed by atoms with E-state index in [0.29, 0.717) is 17.8 Å². The topological polar surface area (TPSA) is 89.1 Å². The molecule has 0 saturated heterocycles. The quantitative estimate of drug-likeness (QED) is 0.102. The van der Waals surface area contributed by atoms with Crippen LogP contribution in [0.15, 0.2) is 292 Å². The molecule has 0 spiro atoms. The molecule has 10 heteroatoms. The summed E-state index contributed by atoms with van der Waals surface area (Å²) >= 11 is 0. The second-order valence-electron chi connectivity index (χ2n) is 23.9. The van der Waals surface area contributed by atoms with Gasteiger partial charge in [-0.05, 0) is 119 Å². The Morgan fingerprint density at radius 3 is 1.02 bits per heavy atom. The van der Waals surface area contributed by atoms with E-state index in [1.54, 1.807) is 0 Å². The molecule has 10 nitrogen and oxygen atoms in total. The summed E-state index contributed by atoms with van der Waals surface area (Å²) in [6.45, 7) is 4.55. The first-order chi connectivity index (χ1) is 46.0. The van der Waals surface area contributed by atoms with Gasteiger partial charge >= 0.3 is 0 Å². The molecule has 0 atom stereocenters. The molecular weight excluding hydrogens is 1140 g/mol. The van der Waals surface area contributed by atoms with Crippen LogP contribution in [0.1, 0.15) is 37.8 Å². The molecule has 9 aromatic carbocycles. The van der Waals surface area contributed by atoms with Crippen molar-refractivity contribution in [3.05, 3.63) is 303 Å². The van der Waals surface area contributed by atoms with Gasteiger partial charge in [-0.25, -0.2) is 0 Å². The van der Waals surface area contributed by atoms with Crippen LogP contribution in [0.25, 0.3) is 151 Å². The summed E-state index contributed by atoms with van der Waals surface area (Å²) in [5, 5.41) is 5.63. The molecule has 444 valence electrons. The SMILES string of the molecule is CCCc1cc(-n2cc(-c3ccccn3)c3ccc(-c4ccc(-c5cn(-c6nc(-n7cc(-c8ccccc8)c8ccccc87)nc(-n7cc(-c8ccccc8)c8ccccc87)n6)c6ccccc56)cc4)cc32)c(CCC)cc1-n1cc(-c2ccccn2)c2ccccc21. The third-order valence-corrected chi connectivity index (χ3v) is 18.3. The maximum atomic E-state index is 5.44. The minimum atomic E-state index is 0.500. The van der Waals surface area contributed by atoms with Crippen molar-refractivity contribution in [3.63, 3.8) is 0 Å². The van der Waals surface area contributed by atoms with Crippen molar-refractivity contribution in [1.29, 1.82) is 0 Å². The fourth-order valence-corrected chi connectivity index (χ4v) is 14.0. The minimum Gasteiger partial charge on any atom is -0.316 e. The van der Waals surface area contributed by atoms with E-state index in [4.69, 9.17) is 24.9 Å². The molecule has 0 aliphatic heterocycles. The van der Waals surface area contributed by atoms with Crippen molar-refractivity contribution in [3.8, 4) is 96.2 Å². The number of nitrogens with zero attached hydrogens (tertiary/aromatic N) is 10. The largest absolute Gasteiger partial charge is 0.316 e. The summed E-state index contributed by atoms with van der Waals surface area (Å²) in [4.78, 5) is 26.0. The highest BCUT2D eigenvalue weighted by molar-refractivity contribution is 6.02. The third kappa shape index (κ3) is 9.61. The molecule has 8 heterocycles. The summed E-state index contributed by atoms with van der Waals surface area (Å²) in [5.41, 5.74) is 23.2. The number of aryl methyl sites for hydroxylation is 2. The second-order valence-corrected chi connectivity index (χ2v) is 23.9. The summed E-state index contributed by atoms with van der Waals surface area (Å²) < 4.78 is 11.2. The lowest BCUT2D eigenvalue weighted by atomic mass is 9.98. The van der Waals surface area contributed by atoms with Crippen molar-refractivity contribution in [2.45, 2.75) is 39.5 Å². The van der Waals surface area contributed by atoms with E-state index in [1.807, 2.05) is 24.5 Å². The van der Waals surface area contributed by atoms with Gasteiger partial charge in [0.1, 0.15) is 0 Å². The van der Waals surface area contributed by atoms with Crippen LogP contribution in [0.3, 0.4) is 0 Å². The average molecular weight is 1200 g/mol. The van der Waals surface area contributed by atoms with Gasteiger partial charge < -0.3 is 9.13 Å². The summed E-state index contributed by atoms with van der Waals surface area (Å²) in [5.74, 6) is 1.51. The van der Waals surface area contributed by atoms with Gasteiger partial charge in [-0.2, -0.15) is 15.0 Å². The molecule has 8 aromatic heterocycles. The molecule has 0 aliphatic rings. The monoisotopic (exact) mass is 1200 g/mol. The van der Waals surface area contributed by atoms with Crippen molar-refractivity contribution < 1.29 is 0 Å². The lowest BCUT2D eigenvalue weighted by molar-refractivity contribution is 0.826. The first-order valence-electron chi connectivity index (χ1n) is 32.1. The highest BCUT2D eigenvalue weighted by Gasteiger charge is 2.24. The first-order valence-corrected chi connectivity index (χ1v) is 32.1. The predicted octanol–water partition coefficient (Wildman–Crippen LogP) is 20.3. The molecule has 0 saturated carbocycles. The van der Waals surface area contributed by atoms with E-state index in [1.165, 1.54) is 33.4 Å². The molecule has 0 amide bonds. The van der Waals surface area contributed by atoms with E-state index in [2.05, 4.69) is 304 Å². The number of para-hydroxylation sites is 4. The number of hydrogen-bond acceptors (Lipinski definition) is 5. The van der Waals surface area contributed by atoms with Crippen LogP contribution < -0.4 is 0 Å². The normalized spacial score (nSPS) is 11.7. The Bertz CT molecular complexity index is 5500. The number of benzene rings is 9. The molecular formula is C83H62N10. The lowest BCUT2D eigenvalue weighted by Crippen LogP contribution is -2.12. The number of fused-ring (bicyclic) bond motifs is 5. The van der Waals surface area contributed by atoms with Gasteiger partial charge in [-0.3, -0.25) is 23.7 Å². The van der Waals surface area contributed by atoms with Gasteiger partial charge in [0.15, 0.2) is 0 Å². The average Bonchev–Trinajstić information content (AvgIpc) is 1.67. The van der Waals surface area contributed by atoms with Crippen LogP contribution in [0.4, 0.5) is 0 Å². The van der Waals surface area contributed by atoms with Crippen LogP contribution in [0.2, 0.25) is 0 Å². The molecule has 0 fully saturated rings. The second kappa shape index (κ2) is 23.1. The fraction of sp³-hybridized carbons (Fsp3) is 0.0723. The van der Waals surface area contributed by atoms with Gasteiger partial charge in [-0.1, -0.05) is 209 Å². The van der Waals surface area contributed by atoms with Crippen LogP contribution in [-0.2, 0) is 12.8 Å². The highest BCUT2D eigenvalue weighted by atomic mass is 15.3. The zero-order chi connectivity index (χ0) is 61.9. The third-order valence-electron chi connectivity index (χ3n) is 18.3. The zero-order valence-corrected chi connectivity index (χ0v) is 51.5. The van der Waals surface area contributed by atoms with Gasteiger partial charge in [0.25, 0.3) is 0 Å². The van der Waals surface area contributed by atoms with Crippen LogP contribution in [0.5, 0.6) is 0 Å². The van der Waals surface area contributed by atoms with Gasteiger partial charge in [0.2, 0.25) is 17.8 Å². The van der Waals surface area contributed by atoms with Gasteiger partial charge in [0.05, 0.1) is 39.0 Å². The van der Waals surface area contributed by atoms with E-state index in [9.17, 15) is 0 Å². The van der Waals surface area contributed by atoms with E-state index >= 15 is 0 Å². The molecule has 0 radical (unpaired) electrons. The Labute approximate surface area is 538 Å². The minimum absolute atomic E-state index is 0.500. The van der Waals surface area contributed by atoms with Crippen LogP contribution in [-0.4, -0.2) is 47.8 Å². The van der Waals surface area contributed by atoms with Crippen molar-refractivity contribution in [2.24, 2.45) is 0 Å². The van der Waals surface area contributed by atoms with Crippen molar-refractivity contribution in [2.75, 3.05) is 0 Å². The Morgan fingerprint density at radius 2 is 0.602 bits per heavy atom. The molecule has 0 N–H and O–H groups in total. The molecule has 93 heavy (non-hydrogen) atoms. The summed E-state index contributed by atoms with van der Waals surface area (Å²) in [7, 11) is 0. The Hall–Kier alpha value is -12.0. The molecule has 0 aliphatic carbocycles. The Morgan fingerprint density at radius 1 is 0.269 bits per heavy atom. The smallest absolute Gasteiger partial charge is 0.240 e. The highest BCUT2D eigenvalue weighted by Crippen LogP contribution is 2.42. The number of rotatable bonds is 15. The van der Waals surface area contributed by atoms with E-state index in [-0.39, 0.29) is 0 Å². The number of pyridine rings is 2. The van der Waals surface area contributed by atoms with Gasteiger partial charge in [0, 0.05) is 110 Å². The lowest BCUT2D eigenvalue weighted by Gasteiger charge is -2.19. The standard InChI is InChI=1S/C83H62N10/c1-3-23-60-49-79(61(24-4-2)48-78(60)89-53-70(72-33-19-21-45-84-72)65-32-14-15-35-74(65)89)90-54-71(73-34-20-22-46-85-73)66-44-43-59(47-80(66)90)55-39-41-58(42-40-55)69-52-93(77-38-18-13-31-64(69)77)83-87-81(91-50-67(56-25-7-5-8-26-56)62-29-11-16-36-75(62)91)86-82(88-83)92-51-68(57-27-9-6-10-28-57)63-30-12-17-37-76(63)92/h5-22,25-54H,3-4,23-24H2,1-2H3. The molecule has 0 bridgehead atoms. The molecule has 17 aromatic rings. The van der Waals surface area contributed by atoms with Crippen LogP contribution in [0, 0.1) is 0 Å². The Balaban J connectivity index is 0.790. The number of hydrogen-bond donors (Lipinski definition) is 0. The Kier molecular flexibility index (Phi) is 13.7. The first kappa shape index (κ1) is 55.1. The van der Waals surface area contributed by atoms with Crippen molar-refractivity contribution >= 4 is 54.5 Å². The maximum Gasteiger partial charge on any atom is 0.240 e. The number of aromatic nitrogens is 10. The summed E-state index contributed by atoms with van der Waals surface area (Å²) in [6, 6.07) is 88.5. The predicted molar refractivity (Wildman–Crippen MR) is 380 cm³/mol. The molecule has 17 rings (SSSR count). The van der Waals surface area contributed by atoms with Crippen molar-refractivity contribution in [1.82, 2.24) is 47.8 Å². The molecule has 0 unspecified atom stereocenters. The maximum absolute atomic E-state index is 5.44. The fourth-order valence-electron chi connectivity index (χ4n) is 14.0. The zero-order valence-electron chi connectivity index (χ0n) is 51.5. The van der Waals surface area contributed by atoms with Crippen LogP contribution >= 0.6 is 0 Å².